The maximum Gasteiger partial charge on any atom is 0.00680 e. The van der Waals surface area contributed by atoms with E-state index in [4.69, 9.17) is 0 Å². The minimum atomic E-state index is 0.324. The van der Waals surface area contributed by atoms with E-state index in [1.54, 1.807) is 0 Å². The van der Waals surface area contributed by atoms with Crippen molar-refractivity contribution < 1.29 is 0 Å². The molecule has 0 aromatic heterocycles. The molecule has 0 saturated carbocycles. The van der Waals surface area contributed by atoms with E-state index in [1.165, 1.54) is 147 Å². The maximum atomic E-state index is 2.57. The van der Waals surface area contributed by atoms with Crippen LogP contribution in [0.4, 0.5) is 0 Å². The molecule has 0 nitrogen and oxygen atoms in total. The van der Waals surface area contributed by atoms with Gasteiger partial charge in [0, 0.05) is 5.92 Å². The van der Waals surface area contributed by atoms with Crippen LogP contribution < -0.4 is 0 Å². The Kier molecular flexibility index (Phi) is 8.59. The maximum absolute atomic E-state index is 2.57. The summed E-state index contributed by atoms with van der Waals surface area (Å²) in [5, 5.41) is 20.0. The smallest absolute Gasteiger partial charge is 0.00680 e. The molecule has 0 heterocycles. The summed E-state index contributed by atoms with van der Waals surface area (Å²) in [7, 11) is 0. The van der Waals surface area contributed by atoms with Crippen molar-refractivity contribution in [3.8, 4) is 33.4 Å². The first-order valence-electron chi connectivity index (χ1n) is 24.7. The molecule has 324 valence electrons. The van der Waals surface area contributed by atoms with Crippen LogP contribution in [0, 0.1) is 5.92 Å². The van der Waals surface area contributed by atoms with Crippen LogP contribution >= 0.6 is 0 Å². The fourth-order valence-electron chi connectivity index (χ4n) is 12.7. The molecular formula is C70H44. The van der Waals surface area contributed by atoms with Crippen molar-refractivity contribution >= 4 is 91.8 Å². The molecule has 0 heteroatoms. The molecule has 70 heavy (non-hydrogen) atoms. The fraction of sp³-hybridized carbons (Fsp3) is 0.0286. The van der Waals surface area contributed by atoms with Gasteiger partial charge in [0.1, 0.15) is 0 Å². The first-order chi connectivity index (χ1) is 34.7. The van der Waals surface area contributed by atoms with Crippen molar-refractivity contribution in [1.82, 2.24) is 0 Å². The van der Waals surface area contributed by atoms with Gasteiger partial charge < -0.3 is 0 Å². The molecule has 13 aromatic carbocycles. The summed E-state index contributed by atoms with van der Waals surface area (Å²) < 4.78 is 0. The summed E-state index contributed by atoms with van der Waals surface area (Å²) >= 11 is 0. The first-order valence-corrected chi connectivity index (χ1v) is 24.7. The third-order valence-corrected chi connectivity index (χ3v) is 15.7. The molecule has 15 rings (SSSR count). The van der Waals surface area contributed by atoms with Crippen LogP contribution in [-0.4, -0.2) is 0 Å². The first kappa shape index (κ1) is 39.2. The highest BCUT2D eigenvalue weighted by Crippen LogP contribution is 2.53. The Morgan fingerprint density at radius 2 is 0.671 bits per heavy atom. The Labute approximate surface area is 406 Å². The van der Waals surface area contributed by atoms with E-state index >= 15 is 0 Å². The van der Waals surface area contributed by atoms with Gasteiger partial charge in [-0.05, 0) is 184 Å². The zero-order valence-corrected chi connectivity index (χ0v) is 38.5. The highest BCUT2D eigenvalue weighted by molar-refractivity contribution is 6.31. The molecule has 0 saturated heterocycles. The SMILES string of the molecule is C1=CC2=C(c3ccc4c(-c5c6ccccc6cc6ccccc56)c5cc(-c6c7ccccc7cc7ccccc67)ccc5c(-c5c6ccccc6cc6ccccc56)c4c3)c3ccccc3CC2C=C1. The predicted molar refractivity (Wildman–Crippen MR) is 301 cm³/mol. The third-order valence-electron chi connectivity index (χ3n) is 15.7. The van der Waals surface area contributed by atoms with Crippen molar-refractivity contribution in [2.75, 3.05) is 0 Å². The van der Waals surface area contributed by atoms with Crippen molar-refractivity contribution in [2.45, 2.75) is 6.42 Å². The molecule has 0 amide bonds. The van der Waals surface area contributed by atoms with Gasteiger partial charge in [-0.1, -0.05) is 218 Å². The molecule has 1 atom stereocenters. The lowest BCUT2D eigenvalue weighted by atomic mass is 9.74. The molecule has 13 aromatic rings. The van der Waals surface area contributed by atoms with Crippen LogP contribution in [0.5, 0.6) is 0 Å². The third kappa shape index (κ3) is 5.84. The second-order valence-electron chi connectivity index (χ2n) is 19.4. The Morgan fingerprint density at radius 3 is 1.16 bits per heavy atom. The van der Waals surface area contributed by atoms with Gasteiger partial charge in [0.15, 0.2) is 0 Å². The summed E-state index contributed by atoms with van der Waals surface area (Å²) in [6.07, 6.45) is 10.2. The summed E-state index contributed by atoms with van der Waals surface area (Å²) in [6, 6.07) is 85.0. The van der Waals surface area contributed by atoms with Crippen LogP contribution in [0.25, 0.3) is 125 Å². The zero-order chi connectivity index (χ0) is 45.9. The quantitative estimate of drug-likeness (QED) is 0.155. The van der Waals surface area contributed by atoms with E-state index in [9.17, 15) is 0 Å². The molecule has 0 N–H and O–H groups in total. The molecule has 1 unspecified atom stereocenters. The van der Waals surface area contributed by atoms with Crippen molar-refractivity contribution in [1.29, 1.82) is 0 Å². The molecule has 0 radical (unpaired) electrons. The average Bonchev–Trinajstić information content (AvgIpc) is 3.42. The van der Waals surface area contributed by atoms with Gasteiger partial charge in [-0.3, -0.25) is 0 Å². The van der Waals surface area contributed by atoms with Crippen molar-refractivity contribution in [3.63, 3.8) is 0 Å². The number of rotatable bonds is 4. The monoisotopic (exact) mass is 884 g/mol. The summed E-state index contributed by atoms with van der Waals surface area (Å²) in [6.45, 7) is 0. The van der Waals surface area contributed by atoms with E-state index in [0.717, 1.165) is 6.42 Å². The van der Waals surface area contributed by atoms with Crippen molar-refractivity contribution in [2.24, 2.45) is 5.92 Å². The predicted octanol–water partition coefficient (Wildman–Crippen LogP) is 19.0. The van der Waals surface area contributed by atoms with E-state index in [2.05, 4.69) is 249 Å². The van der Waals surface area contributed by atoms with Crippen LogP contribution in [0.3, 0.4) is 0 Å². The number of hydrogen-bond donors (Lipinski definition) is 0. The number of fused-ring (bicyclic) bond motifs is 10. The van der Waals surface area contributed by atoms with E-state index < -0.39 is 0 Å². The number of allylic oxidation sites excluding steroid dienone is 5. The van der Waals surface area contributed by atoms with Crippen molar-refractivity contribution in [3.05, 3.63) is 271 Å². The Morgan fingerprint density at radius 1 is 0.286 bits per heavy atom. The van der Waals surface area contributed by atoms with Crippen LogP contribution in [0.2, 0.25) is 0 Å². The molecule has 0 fully saturated rings. The topological polar surface area (TPSA) is 0 Å². The highest BCUT2D eigenvalue weighted by atomic mass is 14.3. The van der Waals surface area contributed by atoms with Crippen LogP contribution in [0.1, 0.15) is 16.7 Å². The average molecular weight is 885 g/mol. The van der Waals surface area contributed by atoms with Crippen LogP contribution in [0.15, 0.2) is 254 Å². The lowest BCUT2D eigenvalue weighted by Crippen LogP contribution is -2.15. The van der Waals surface area contributed by atoms with Gasteiger partial charge in [-0.25, -0.2) is 0 Å². The van der Waals surface area contributed by atoms with Gasteiger partial charge in [0.2, 0.25) is 0 Å². The minimum Gasteiger partial charge on any atom is -0.0767 e. The van der Waals surface area contributed by atoms with E-state index in [1.807, 2.05) is 0 Å². The molecule has 0 bridgehead atoms. The largest absolute Gasteiger partial charge is 0.0767 e. The standard InChI is InChI=1S/C70H44/c1-9-25-53-43(17-1)37-44-18-2-10-26-54(44)65(53)51-33-35-61-63(41-51)69(67-57-29-13-5-21-47(57)39-48-22-6-14-30-58(48)67)62-36-34-52(66-55-27-11-3-19-45(55)38-46-20-4-12-28-56(46)66)42-64(62)70(61)68-59-31-15-7-23-49(59)40-50-24-8-16-32-60(50)68/h1-37,39-42,45H,38H2. The molecule has 0 spiro atoms. The Balaban J connectivity index is 1.18. The van der Waals surface area contributed by atoms with Gasteiger partial charge in [-0.15, -0.1) is 0 Å². The summed E-state index contributed by atoms with van der Waals surface area (Å²) in [4.78, 5) is 0. The van der Waals surface area contributed by atoms with Gasteiger partial charge >= 0.3 is 0 Å². The fourth-order valence-corrected chi connectivity index (χ4v) is 12.7. The van der Waals surface area contributed by atoms with Gasteiger partial charge in [0.25, 0.3) is 0 Å². The normalized spacial score (nSPS) is 14.5. The van der Waals surface area contributed by atoms with E-state index in [-0.39, 0.29) is 0 Å². The molecular weight excluding hydrogens is 841 g/mol. The van der Waals surface area contributed by atoms with Crippen LogP contribution in [-0.2, 0) is 6.42 Å². The lowest BCUT2D eigenvalue weighted by Gasteiger charge is -2.30. The zero-order valence-electron chi connectivity index (χ0n) is 38.5. The number of hydrogen-bond acceptors (Lipinski definition) is 0. The second kappa shape index (κ2) is 15.3. The Hall–Kier alpha value is -8.84. The molecule has 2 aliphatic carbocycles. The van der Waals surface area contributed by atoms with Gasteiger partial charge in [0.05, 0.1) is 0 Å². The van der Waals surface area contributed by atoms with Gasteiger partial charge in [-0.2, -0.15) is 0 Å². The lowest BCUT2D eigenvalue weighted by molar-refractivity contribution is 0.754. The molecule has 2 aliphatic rings. The summed E-state index contributed by atoms with van der Waals surface area (Å²) in [5.74, 6) is 0.324. The second-order valence-corrected chi connectivity index (χ2v) is 19.4. The van der Waals surface area contributed by atoms with E-state index in [0.29, 0.717) is 5.92 Å². The highest BCUT2D eigenvalue weighted by Gasteiger charge is 2.29. The summed E-state index contributed by atoms with van der Waals surface area (Å²) in [5.41, 5.74) is 14.3. The minimum absolute atomic E-state index is 0.324. The number of benzene rings is 13. The Bertz CT molecular complexity index is 4340. The molecule has 0 aliphatic heterocycles.